The smallest absolute Gasteiger partial charge is 0.242 e. The summed E-state index contributed by atoms with van der Waals surface area (Å²) in [4.78, 5) is 23.6. The van der Waals surface area contributed by atoms with Crippen LogP contribution in [-0.2, 0) is 11.3 Å². The number of amides is 1. The van der Waals surface area contributed by atoms with Gasteiger partial charge in [-0.25, -0.2) is 9.37 Å². The summed E-state index contributed by atoms with van der Waals surface area (Å²) in [6.07, 6.45) is 3.43. The Kier molecular flexibility index (Phi) is 5.16. The van der Waals surface area contributed by atoms with E-state index in [4.69, 9.17) is 4.98 Å². The molecule has 6 nitrogen and oxygen atoms in total. The van der Waals surface area contributed by atoms with Gasteiger partial charge in [-0.1, -0.05) is 0 Å². The molecule has 0 radical (unpaired) electrons. The zero-order valence-electron chi connectivity index (χ0n) is 15.7. The lowest BCUT2D eigenvalue weighted by Gasteiger charge is -2.28. The SMILES string of the molecule is Cc1nc(-c2ccc(F)cc2)c(-c2ccncc2)n1CC(=O)N1CCNCC1. The van der Waals surface area contributed by atoms with Crippen molar-refractivity contribution in [2.45, 2.75) is 13.5 Å². The number of carbonyl (C=O) groups excluding carboxylic acids is 1. The van der Waals surface area contributed by atoms with Gasteiger partial charge in [-0.05, 0) is 43.3 Å². The fourth-order valence-corrected chi connectivity index (χ4v) is 3.52. The second-order valence-electron chi connectivity index (χ2n) is 6.82. The highest BCUT2D eigenvalue weighted by atomic mass is 19.1. The highest BCUT2D eigenvalue weighted by molar-refractivity contribution is 5.82. The number of piperazine rings is 1. The molecule has 1 aromatic carbocycles. The summed E-state index contributed by atoms with van der Waals surface area (Å²) < 4.78 is 15.3. The number of benzene rings is 1. The summed E-state index contributed by atoms with van der Waals surface area (Å²) in [5, 5.41) is 3.26. The molecule has 1 N–H and O–H groups in total. The molecule has 144 valence electrons. The second kappa shape index (κ2) is 7.90. The zero-order valence-corrected chi connectivity index (χ0v) is 15.7. The summed E-state index contributed by atoms with van der Waals surface area (Å²) in [5.74, 6) is 0.525. The Bertz CT molecular complexity index is 962. The van der Waals surface area contributed by atoms with Gasteiger partial charge in [0.2, 0.25) is 5.91 Å². The normalized spacial score (nSPS) is 14.3. The molecule has 1 aliphatic heterocycles. The molecule has 1 fully saturated rings. The minimum absolute atomic E-state index is 0.0722. The molecule has 0 aliphatic carbocycles. The van der Waals surface area contributed by atoms with Crippen molar-refractivity contribution in [3.63, 3.8) is 0 Å². The first-order valence-electron chi connectivity index (χ1n) is 9.35. The van der Waals surface area contributed by atoms with E-state index in [1.807, 2.05) is 28.5 Å². The molecule has 28 heavy (non-hydrogen) atoms. The van der Waals surface area contributed by atoms with Crippen LogP contribution in [0.1, 0.15) is 5.82 Å². The van der Waals surface area contributed by atoms with E-state index in [1.54, 1.807) is 24.5 Å². The fraction of sp³-hybridized carbons (Fsp3) is 0.286. The van der Waals surface area contributed by atoms with Crippen LogP contribution < -0.4 is 5.32 Å². The van der Waals surface area contributed by atoms with Gasteiger partial charge >= 0.3 is 0 Å². The van der Waals surface area contributed by atoms with Gasteiger partial charge in [-0.15, -0.1) is 0 Å². The molecule has 1 saturated heterocycles. The van der Waals surface area contributed by atoms with Gasteiger partial charge in [0, 0.05) is 49.7 Å². The van der Waals surface area contributed by atoms with E-state index in [-0.39, 0.29) is 18.3 Å². The second-order valence-corrected chi connectivity index (χ2v) is 6.82. The van der Waals surface area contributed by atoms with Crippen LogP contribution in [0.3, 0.4) is 0 Å². The average Bonchev–Trinajstić information content (AvgIpc) is 3.06. The van der Waals surface area contributed by atoms with E-state index in [2.05, 4.69) is 10.3 Å². The van der Waals surface area contributed by atoms with Crippen LogP contribution in [0.5, 0.6) is 0 Å². The summed E-state index contributed by atoms with van der Waals surface area (Å²) in [6.45, 7) is 5.16. The lowest BCUT2D eigenvalue weighted by atomic mass is 10.1. The molecule has 0 saturated carbocycles. The molecular weight excluding hydrogens is 357 g/mol. The molecular formula is C21H22FN5O. The number of imidazole rings is 1. The predicted octanol–water partition coefficient (Wildman–Crippen LogP) is 2.49. The number of nitrogens with zero attached hydrogens (tertiary/aromatic N) is 4. The molecule has 0 bridgehead atoms. The first-order valence-corrected chi connectivity index (χ1v) is 9.35. The number of hydrogen-bond acceptors (Lipinski definition) is 4. The van der Waals surface area contributed by atoms with Crippen molar-refractivity contribution in [1.29, 1.82) is 0 Å². The van der Waals surface area contributed by atoms with Gasteiger partial charge in [0.1, 0.15) is 18.2 Å². The minimum atomic E-state index is -0.292. The summed E-state index contributed by atoms with van der Waals surface area (Å²) >= 11 is 0. The highest BCUT2D eigenvalue weighted by Crippen LogP contribution is 2.32. The number of aromatic nitrogens is 3. The van der Waals surface area contributed by atoms with Gasteiger partial charge in [0.15, 0.2) is 0 Å². The monoisotopic (exact) mass is 379 g/mol. The van der Waals surface area contributed by atoms with E-state index >= 15 is 0 Å². The number of carbonyl (C=O) groups is 1. The molecule has 1 amide bonds. The topological polar surface area (TPSA) is 63.1 Å². The van der Waals surface area contributed by atoms with Crippen molar-refractivity contribution in [3.05, 3.63) is 60.4 Å². The Morgan fingerprint density at radius 3 is 2.43 bits per heavy atom. The van der Waals surface area contributed by atoms with Crippen LogP contribution in [0.25, 0.3) is 22.5 Å². The predicted molar refractivity (Wildman–Crippen MR) is 105 cm³/mol. The van der Waals surface area contributed by atoms with Gasteiger partial charge < -0.3 is 14.8 Å². The number of pyridine rings is 1. The lowest BCUT2D eigenvalue weighted by Crippen LogP contribution is -2.47. The molecule has 7 heteroatoms. The molecule has 0 atom stereocenters. The number of halogens is 1. The van der Waals surface area contributed by atoms with Crippen molar-refractivity contribution in [2.75, 3.05) is 26.2 Å². The Balaban J connectivity index is 1.77. The first-order chi connectivity index (χ1) is 13.6. The third-order valence-corrected chi connectivity index (χ3v) is 4.99. The highest BCUT2D eigenvalue weighted by Gasteiger charge is 2.23. The Morgan fingerprint density at radius 1 is 1.07 bits per heavy atom. The molecule has 2 aromatic heterocycles. The fourth-order valence-electron chi connectivity index (χ4n) is 3.52. The van der Waals surface area contributed by atoms with Gasteiger partial charge in [-0.2, -0.15) is 0 Å². The molecule has 3 aromatic rings. The summed E-state index contributed by atoms with van der Waals surface area (Å²) in [5.41, 5.74) is 3.31. The van der Waals surface area contributed by atoms with E-state index < -0.39 is 0 Å². The van der Waals surface area contributed by atoms with Crippen LogP contribution in [0.4, 0.5) is 4.39 Å². The number of nitrogens with one attached hydrogen (secondary N) is 1. The van der Waals surface area contributed by atoms with Crippen molar-refractivity contribution >= 4 is 5.91 Å². The quantitative estimate of drug-likeness (QED) is 0.757. The van der Waals surface area contributed by atoms with Crippen molar-refractivity contribution < 1.29 is 9.18 Å². The Labute approximate surface area is 163 Å². The summed E-state index contributed by atoms with van der Waals surface area (Å²) in [7, 11) is 0. The summed E-state index contributed by atoms with van der Waals surface area (Å²) in [6, 6.07) is 10.1. The van der Waals surface area contributed by atoms with Crippen LogP contribution >= 0.6 is 0 Å². The maximum atomic E-state index is 13.4. The maximum absolute atomic E-state index is 13.4. The maximum Gasteiger partial charge on any atom is 0.242 e. The van der Waals surface area contributed by atoms with Crippen LogP contribution in [0.15, 0.2) is 48.8 Å². The molecule has 4 rings (SSSR count). The van der Waals surface area contributed by atoms with Gasteiger partial charge in [0.05, 0.1) is 11.4 Å². The number of rotatable bonds is 4. The Hall–Kier alpha value is -3.06. The van der Waals surface area contributed by atoms with E-state index in [1.165, 1.54) is 12.1 Å². The van der Waals surface area contributed by atoms with E-state index in [9.17, 15) is 9.18 Å². The van der Waals surface area contributed by atoms with Crippen LogP contribution in [-0.4, -0.2) is 51.5 Å². The molecule has 0 unspecified atom stereocenters. The first kappa shape index (κ1) is 18.3. The third-order valence-electron chi connectivity index (χ3n) is 4.99. The largest absolute Gasteiger partial charge is 0.339 e. The molecule has 1 aliphatic rings. The molecule has 0 spiro atoms. The van der Waals surface area contributed by atoms with Crippen molar-refractivity contribution in [3.8, 4) is 22.5 Å². The number of hydrogen-bond donors (Lipinski definition) is 1. The third kappa shape index (κ3) is 3.66. The van der Waals surface area contributed by atoms with Crippen LogP contribution in [0, 0.1) is 12.7 Å². The van der Waals surface area contributed by atoms with E-state index in [0.717, 1.165) is 41.4 Å². The minimum Gasteiger partial charge on any atom is -0.339 e. The average molecular weight is 379 g/mol. The standard InChI is InChI=1S/C21H22FN5O/c1-15-25-20(16-2-4-18(22)5-3-16)21(17-6-8-23-9-7-17)27(15)14-19(28)26-12-10-24-11-13-26/h2-9,24H,10-14H2,1H3. The van der Waals surface area contributed by atoms with E-state index in [0.29, 0.717) is 13.1 Å². The number of aryl methyl sites for hydroxylation is 1. The zero-order chi connectivity index (χ0) is 19.5. The lowest BCUT2D eigenvalue weighted by molar-refractivity contribution is -0.132. The van der Waals surface area contributed by atoms with Crippen LogP contribution in [0.2, 0.25) is 0 Å². The van der Waals surface area contributed by atoms with Crippen molar-refractivity contribution in [2.24, 2.45) is 0 Å². The van der Waals surface area contributed by atoms with Gasteiger partial charge in [0.25, 0.3) is 0 Å². The van der Waals surface area contributed by atoms with Gasteiger partial charge in [-0.3, -0.25) is 9.78 Å². The molecule has 3 heterocycles. The van der Waals surface area contributed by atoms with Crippen molar-refractivity contribution in [1.82, 2.24) is 24.8 Å². The Morgan fingerprint density at radius 2 is 1.75 bits per heavy atom.